The van der Waals surface area contributed by atoms with Gasteiger partial charge in [0.15, 0.2) is 11.5 Å². The van der Waals surface area contributed by atoms with Gasteiger partial charge in [-0.25, -0.2) is 8.42 Å². The Bertz CT molecular complexity index is 1060. The number of carbonyl (C=O) groups is 1. The quantitative estimate of drug-likeness (QED) is 0.511. The molecular formula is C22H29ClN2O6S. The summed E-state index contributed by atoms with van der Waals surface area (Å²) in [6.45, 7) is 6.48. The summed E-state index contributed by atoms with van der Waals surface area (Å²) >= 11 is 6.06. The van der Waals surface area contributed by atoms with E-state index in [0.717, 1.165) is 5.56 Å². The third kappa shape index (κ3) is 6.13. The highest BCUT2D eigenvalue weighted by atomic mass is 35.5. The predicted octanol–water partition coefficient (Wildman–Crippen LogP) is 4.06. The van der Waals surface area contributed by atoms with Gasteiger partial charge in [-0.2, -0.15) is 0 Å². The number of nitrogens with zero attached hydrogens (tertiary/aromatic N) is 1. The van der Waals surface area contributed by atoms with Crippen molar-refractivity contribution in [3.8, 4) is 11.5 Å². The van der Waals surface area contributed by atoms with Gasteiger partial charge in [0.1, 0.15) is 4.90 Å². The number of rotatable bonds is 10. The van der Waals surface area contributed by atoms with Gasteiger partial charge in [-0.1, -0.05) is 36.0 Å². The Morgan fingerprint density at radius 1 is 1.09 bits per heavy atom. The van der Waals surface area contributed by atoms with Crippen molar-refractivity contribution in [2.75, 3.05) is 27.9 Å². The van der Waals surface area contributed by atoms with Crippen LogP contribution in [0.15, 0.2) is 41.3 Å². The SMILES string of the molecule is COc1cc(C(C)NC(=O)c2ccc(Cl)c(S(=O)(=O)N(C)OC)c2)ccc1OCC(C)C. The third-order valence-corrected chi connectivity index (χ3v) is 6.84. The molecule has 0 radical (unpaired) electrons. The highest BCUT2D eigenvalue weighted by Crippen LogP contribution is 2.31. The van der Waals surface area contributed by atoms with Gasteiger partial charge in [-0.05, 0) is 48.7 Å². The molecule has 0 saturated carbocycles. The molecular weight excluding hydrogens is 456 g/mol. The molecule has 2 aromatic rings. The first-order chi connectivity index (χ1) is 15.0. The van der Waals surface area contributed by atoms with Gasteiger partial charge in [0.05, 0.1) is 31.9 Å². The number of carbonyl (C=O) groups excluding carboxylic acids is 1. The van der Waals surface area contributed by atoms with Gasteiger partial charge in [0.2, 0.25) is 0 Å². The largest absolute Gasteiger partial charge is 0.493 e. The first kappa shape index (κ1) is 25.9. The normalized spacial score (nSPS) is 12.7. The number of amides is 1. The van der Waals surface area contributed by atoms with Gasteiger partial charge >= 0.3 is 0 Å². The molecule has 32 heavy (non-hydrogen) atoms. The van der Waals surface area contributed by atoms with Gasteiger partial charge in [-0.15, -0.1) is 0 Å². The van der Waals surface area contributed by atoms with Crippen LogP contribution in [-0.2, 0) is 14.9 Å². The number of halogens is 1. The zero-order valence-electron chi connectivity index (χ0n) is 19.0. The smallest absolute Gasteiger partial charge is 0.266 e. The Hall–Kier alpha value is -2.33. The van der Waals surface area contributed by atoms with Crippen molar-refractivity contribution in [3.05, 3.63) is 52.5 Å². The summed E-state index contributed by atoms with van der Waals surface area (Å²) in [6, 6.07) is 9.10. The van der Waals surface area contributed by atoms with Crippen LogP contribution in [0.25, 0.3) is 0 Å². The molecule has 2 aromatic carbocycles. The first-order valence-electron chi connectivity index (χ1n) is 9.95. The van der Waals surface area contributed by atoms with E-state index in [0.29, 0.717) is 28.5 Å². The number of nitrogens with one attached hydrogen (secondary N) is 1. The second-order valence-corrected chi connectivity index (χ2v) is 9.86. The van der Waals surface area contributed by atoms with Gasteiger partial charge in [-0.3, -0.25) is 9.63 Å². The molecule has 0 bridgehead atoms. The lowest BCUT2D eigenvalue weighted by molar-refractivity contribution is -0.0258. The maximum Gasteiger partial charge on any atom is 0.266 e. The summed E-state index contributed by atoms with van der Waals surface area (Å²) in [6.07, 6.45) is 0. The minimum atomic E-state index is -4.01. The van der Waals surface area contributed by atoms with Crippen LogP contribution in [0.2, 0.25) is 5.02 Å². The number of methoxy groups -OCH3 is 1. The zero-order valence-corrected chi connectivity index (χ0v) is 20.6. The lowest BCUT2D eigenvalue weighted by Gasteiger charge is -2.19. The van der Waals surface area contributed by atoms with Crippen LogP contribution in [0.4, 0.5) is 0 Å². The van der Waals surface area contributed by atoms with Crippen LogP contribution < -0.4 is 14.8 Å². The average molecular weight is 485 g/mol. The maximum atomic E-state index is 12.8. The van der Waals surface area contributed by atoms with Gasteiger partial charge in [0.25, 0.3) is 15.9 Å². The molecule has 10 heteroatoms. The molecule has 1 unspecified atom stereocenters. The molecule has 8 nitrogen and oxygen atoms in total. The highest BCUT2D eigenvalue weighted by molar-refractivity contribution is 7.89. The molecule has 0 spiro atoms. The topological polar surface area (TPSA) is 94.2 Å². The van der Waals surface area contributed by atoms with Crippen LogP contribution >= 0.6 is 11.6 Å². The standard InChI is InChI=1S/C22H29ClN2O6S/c1-14(2)13-31-19-10-8-16(11-20(19)29-5)15(3)24-22(26)17-7-9-18(23)21(12-17)32(27,28)25(4)30-6/h7-12,14-15H,13H2,1-6H3,(H,24,26). The minimum Gasteiger partial charge on any atom is -0.493 e. The molecule has 0 aliphatic heterocycles. The average Bonchev–Trinajstić information content (AvgIpc) is 2.76. The van der Waals surface area contributed by atoms with E-state index in [1.165, 1.54) is 32.4 Å². The molecule has 176 valence electrons. The van der Waals surface area contributed by atoms with E-state index in [2.05, 4.69) is 19.2 Å². The highest BCUT2D eigenvalue weighted by Gasteiger charge is 2.25. The second-order valence-electron chi connectivity index (χ2n) is 7.55. The van der Waals surface area contributed by atoms with Crippen LogP contribution in [0.1, 0.15) is 42.7 Å². The van der Waals surface area contributed by atoms with Crippen molar-refractivity contribution in [2.45, 2.75) is 31.7 Å². The monoisotopic (exact) mass is 484 g/mol. The molecule has 1 atom stereocenters. The Labute approximate surface area is 194 Å². The maximum absolute atomic E-state index is 12.8. The van der Waals surface area contributed by atoms with E-state index >= 15 is 0 Å². The Kier molecular flexibility index (Phi) is 8.91. The minimum absolute atomic E-state index is 0.0137. The van der Waals surface area contributed by atoms with Crippen LogP contribution in [0, 0.1) is 5.92 Å². The molecule has 1 amide bonds. The number of hydroxylamine groups is 1. The fraction of sp³-hybridized carbons (Fsp3) is 0.409. The van der Waals surface area contributed by atoms with E-state index in [-0.39, 0.29) is 21.5 Å². The van der Waals surface area contributed by atoms with Crippen molar-refractivity contribution in [1.29, 1.82) is 0 Å². The number of hydrogen-bond acceptors (Lipinski definition) is 6. The van der Waals surface area contributed by atoms with Crippen molar-refractivity contribution in [1.82, 2.24) is 9.79 Å². The summed E-state index contributed by atoms with van der Waals surface area (Å²) in [5, 5.41) is 2.84. The summed E-state index contributed by atoms with van der Waals surface area (Å²) in [5.74, 6) is 1.10. The lowest BCUT2D eigenvalue weighted by Crippen LogP contribution is -2.28. The van der Waals surface area contributed by atoms with E-state index in [1.54, 1.807) is 19.2 Å². The van der Waals surface area contributed by atoms with Crippen molar-refractivity contribution in [2.24, 2.45) is 5.92 Å². The third-order valence-electron chi connectivity index (χ3n) is 4.67. The number of hydrogen-bond donors (Lipinski definition) is 1. The molecule has 0 aliphatic carbocycles. The molecule has 2 rings (SSSR count). The van der Waals surface area contributed by atoms with E-state index < -0.39 is 15.9 Å². The molecule has 1 N–H and O–H groups in total. The molecule has 0 aliphatic rings. The molecule has 0 saturated heterocycles. The van der Waals surface area contributed by atoms with Gasteiger partial charge < -0.3 is 14.8 Å². The fourth-order valence-electron chi connectivity index (χ4n) is 2.77. The van der Waals surface area contributed by atoms with E-state index in [9.17, 15) is 13.2 Å². The number of sulfonamides is 1. The van der Waals surface area contributed by atoms with E-state index in [4.69, 9.17) is 25.9 Å². The Balaban J connectivity index is 2.23. The lowest BCUT2D eigenvalue weighted by atomic mass is 10.1. The number of ether oxygens (including phenoxy) is 2. The zero-order chi connectivity index (χ0) is 24.1. The van der Waals surface area contributed by atoms with Crippen LogP contribution in [-0.4, -0.2) is 46.7 Å². The summed E-state index contributed by atoms with van der Waals surface area (Å²) in [7, 11) is -0.00239. The molecule has 0 heterocycles. The first-order valence-corrected chi connectivity index (χ1v) is 11.8. The fourth-order valence-corrected chi connectivity index (χ4v) is 4.25. The summed E-state index contributed by atoms with van der Waals surface area (Å²) in [4.78, 5) is 17.4. The van der Waals surface area contributed by atoms with Crippen LogP contribution in [0.5, 0.6) is 11.5 Å². The van der Waals surface area contributed by atoms with Gasteiger partial charge in [0, 0.05) is 12.6 Å². The van der Waals surface area contributed by atoms with E-state index in [1.807, 2.05) is 13.0 Å². The second kappa shape index (κ2) is 11.0. The van der Waals surface area contributed by atoms with Crippen molar-refractivity contribution in [3.63, 3.8) is 0 Å². The number of benzene rings is 2. The molecule has 0 fully saturated rings. The Morgan fingerprint density at radius 2 is 1.78 bits per heavy atom. The van der Waals surface area contributed by atoms with Crippen molar-refractivity contribution < 1.29 is 27.5 Å². The predicted molar refractivity (Wildman–Crippen MR) is 123 cm³/mol. The molecule has 0 aromatic heterocycles. The van der Waals surface area contributed by atoms with Crippen molar-refractivity contribution >= 4 is 27.5 Å². The summed E-state index contributed by atoms with van der Waals surface area (Å²) < 4.78 is 37.0. The summed E-state index contributed by atoms with van der Waals surface area (Å²) in [5.41, 5.74) is 0.946. The van der Waals surface area contributed by atoms with Crippen LogP contribution in [0.3, 0.4) is 0 Å². The Morgan fingerprint density at radius 3 is 2.38 bits per heavy atom.